The molecule has 3 aromatic rings. The molecule has 0 aromatic carbocycles. The molecule has 1 atom stereocenters. The number of rotatable bonds is 2. The number of imidazole rings is 1. The molecule has 0 spiro atoms. The molecule has 1 unspecified atom stereocenters. The zero-order valence-electron chi connectivity index (χ0n) is 11.5. The quantitative estimate of drug-likeness (QED) is 0.784. The summed E-state index contributed by atoms with van der Waals surface area (Å²) in [6, 6.07) is 3.77. The van der Waals surface area contributed by atoms with Crippen molar-refractivity contribution in [1.82, 2.24) is 14.5 Å². The fraction of sp³-hybridized carbons (Fsp3) is 0.286. The predicted molar refractivity (Wildman–Crippen MR) is 78.9 cm³/mol. The summed E-state index contributed by atoms with van der Waals surface area (Å²) in [5.41, 5.74) is 8.53. The molecule has 2 N–H and O–H groups in total. The van der Waals surface area contributed by atoms with Crippen molar-refractivity contribution in [3.63, 3.8) is 0 Å². The van der Waals surface area contributed by atoms with Gasteiger partial charge >= 0.3 is 0 Å². The summed E-state index contributed by atoms with van der Waals surface area (Å²) in [5, 5.41) is 0.546. The Morgan fingerprint density at radius 3 is 2.75 bits per heavy atom. The lowest BCUT2D eigenvalue weighted by molar-refractivity contribution is 0.495. The Bertz CT molecular complexity index is 790. The van der Waals surface area contributed by atoms with Gasteiger partial charge in [-0.15, -0.1) is 0 Å². The van der Waals surface area contributed by atoms with E-state index in [4.69, 9.17) is 21.8 Å². The molecule has 20 heavy (non-hydrogen) atoms. The summed E-state index contributed by atoms with van der Waals surface area (Å²) in [6.07, 6.45) is 1.60. The molecule has 0 aliphatic rings. The van der Waals surface area contributed by atoms with Crippen LogP contribution in [-0.4, -0.2) is 14.5 Å². The van der Waals surface area contributed by atoms with Gasteiger partial charge in [0.1, 0.15) is 17.0 Å². The van der Waals surface area contributed by atoms with Crippen LogP contribution in [0.4, 0.5) is 5.95 Å². The predicted octanol–water partition coefficient (Wildman–Crippen LogP) is 3.49. The van der Waals surface area contributed by atoms with Crippen molar-refractivity contribution in [2.45, 2.75) is 26.8 Å². The monoisotopic (exact) mass is 290 g/mol. The molecule has 0 fully saturated rings. The second-order valence-corrected chi connectivity index (χ2v) is 5.32. The van der Waals surface area contributed by atoms with Crippen LogP contribution in [0.5, 0.6) is 0 Å². The van der Waals surface area contributed by atoms with Gasteiger partial charge in [0, 0.05) is 11.8 Å². The van der Waals surface area contributed by atoms with Crippen molar-refractivity contribution in [2.24, 2.45) is 0 Å². The van der Waals surface area contributed by atoms with Crippen LogP contribution >= 0.6 is 11.6 Å². The minimum absolute atomic E-state index is 0.00822. The summed E-state index contributed by atoms with van der Waals surface area (Å²) < 4.78 is 7.48. The molecule has 5 nitrogen and oxygen atoms in total. The maximum absolute atomic E-state index is 6.04. The molecule has 0 aliphatic carbocycles. The number of fused-ring (bicyclic) bond motifs is 1. The normalized spacial score (nSPS) is 13.0. The summed E-state index contributed by atoms with van der Waals surface area (Å²) in [4.78, 5) is 8.66. The Morgan fingerprint density at radius 1 is 1.35 bits per heavy atom. The van der Waals surface area contributed by atoms with E-state index in [2.05, 4.69) is 9.97 Å². The van der Waals surface area contributed by atoms with Gasteiger partial charge < -0.3 is 10.2 Å². The highest BCUT2D eigenvalue weighted by Gasteiger charge is 2.20. The van der Waals surface area contributed by atoms with E-state index in [1.165, 1.54) is 0 Å². The third-order valence-electron chi connectivity index (χ3n) is 3.44. The van der Waals surface area contributed by atoms with E-state index in [9.17, 15) is 0 Å². The van der Waals surface area contributed by atoms with Gasteiger partial charge in [-0.3, -0.25) is 4.57 Å². The Balaban J connectivity index is 2.18. The highest BCUT2D eigenvalue weighted by Crippen LogP contribution is 2.30. The Kier molecular flexibility index (Phi) is 2.94. The molecular weight excluding hydrogens is 276 g/mol. The van der Waals surface area contributed by atoms with Crippen LogP contribution in [0.25, 0.3) is 11.2 Å². The van der Waals surface area contributed by atoms with Crippen molar-refractivity contribution in [2.75, 3.05) is 5.73 Å². The fourth-order valence-corrected chi connectivity index (χ4v) is 2.71. The average molecular weight is 291 g/mol. The molecule has 3 rings (SSSR count). The highest BCUT2D eigenvalue weighted by molar-refractivity contribution is 6.31. The minimum atomic E-state index is -0.00822. The third kappa shape index (κ3) is 1.94. The van der Waals surface area contributed by atoms with Gasteiger partial charge in [-0.2, -0.15) is 0 Å². The van der Waals surface area contributed by atoms with E-state index in [-0.39, 0.29) is 6.04 Å². The molecule has 0 saturated carbocycles. The van der Waals surface area contributed by atoms with Gasteiger partial charge in [0.05, 0.1) is 11.1 Å². The van der Waals surface area contributed by atoms with Crippen LogP contribution in [0.2, 0.25) is 5.02 Å². The number of hydrogen-bond acceptors (Lipinski definition) is 4. The van der Waals surface area contributed by atoms with Crippen molar-refractivity contribution >= 4 is 28.7 Å². The molecule has 0 radical (unpaired) electrons. The van der Waals surface area contributed by atoms with Crippen molar-refractivity contribution < 1.29 is 4.42 Å². The largest absolute Gasteiger partial charge is 0.466 e. The number of anilines is 1. The zero-order valence-corrected chi connectivity index (χ0v) is 12.3. The molecule has 6 heteroatoms. The SMILES string of the molecule is Cc1cc(C(C)n2c(N)nc3cc(Cl)cnc32)c(C)o1. The first-order chi connectivity index (χ1) is 9.47. The third-order valence-corrected chi connectivity index (χ3v) is 3.65. The summed E-state index contributed by atoms with van der Waals surface area (Å²) in [6.45, 7) is 5.92. The Morgan fingerprint density at radius 2 is 2.10 bits per heavy atom. The maximum Gasteiger partial charge on any atom is 0.203 e. The van der Waals surface area contributed by atoms with Crippen molar-refractivity contribution in [3.8, 4) is 0 Å². The number of hydrogen-bond donors (Lipinski definition) is 1. The molecule has 3 aromatic heterocycles. The van der Waals surface area contributed by atoms with Gasteiger partial charge in [-0.1, -0.05) is 11.6 Å². The Hall–Kier alpha value is -2.01. The lowest BCUT2D eigenvalue weighted by Gasteiger charge is -2.14. The van der Waals surface area contributed by atoms with Gasteiger partial charge in [0.2, 0.25) is 5.95 Å². The summed E-state index contributed by atoms with van der Waals surface area (Å²) >= 11 is 5.94. The van der Waals surface area contributed by atoms with E-state index in [0.29, 0.717) is 16.5 Å². The van der Waals surface area contributed by atoms with E-state index in [1.54, 1.807) is 12.3 Å². The van der Waals surface area contributed by atoms with Crippen LogP contribution in [0, 0.1) is 13.8 Å². The highest BCUT2D eigenvalue weighted by atomic mass is 35.5. The molecule has 0 bridgehead atoms. The second kappa shape index (κ2) is 4.52. The van der Waals surface area contributed by atoms with Crippen molar-refractivity contribution in [1.29, 1.82) is 0 Å². The topological polar surface area (TPSA) is 69.9 Å². The molecule has 0 saturated heterocycles. The number of nitrogens with two attached hydrogens (primary N) is 1. The van der Waals surface area contributed by atoms with Gasteiger partial charge in [-0.05, 0) is 32.9 Å². The van der Waals surface area contributed by atoms with Crippen LogP contribution < -0.4 is 5.73 Å². The first-order valence-electron chi connectivity index (χ1n) is 6.33. The maximum atomic E-state index is 6.04. The fourth-order valence-electron chi connectivity index (χ4n) is 2.56. The van der Waals surface area contributed by atoms with E-state index in [1.807, 2.05) is 31.4 Å². The van der Waals surface area contributed by atoms with Crippen LogP contribution in [0.3, 0.4) is 0 Å². The number of aryl methyl sites for hydroxylation is 2. The molecule has 104 valence electrons. The van der Waals surface area contributed by atoms with Crippen LogP contribution in [0.1, 0.15) is 30.0 Å². The smallest absolute Gasteiger partial charge is 0.203 e. The number of pyridine rings is 1. The van der Waals surface area contributed by atoms with Gasteiger partial charge in [-0.25, -0.2) is 9.97 Å². The van der Waals surface area contributed by atoms with E-state index < -0.39 is 0 Å². The average Bonchev–Trinajstić information content (AvgIpc) is 2.87. The lowest BCUT2D eigenvalue weighted by atomic mass is 10.1. The number of nitrogen functional groups attached to an aromatic ring is 1. The van der Waals surface area contributed by atoms with E-state index in [0.717, 1.165) is 22.7 Å². The molecule has 3 heterocycles. The van der Waals surface area contributed by atoms with Gasteiger partial charge in [0.15, 0.2) is 5.65 Å². The minimum Gasteiger partial charge on any atom is -0.466 e. The number of halogens is 1. The van der Waals surface area contributed by atoms with E-state index >= 15 is 0 Å². The lowest BCUT2D eigenvalue weighted by Crippen LogP contribution is -2.11. The number of aromatic nitrogens is 3. The van der Waals surface area contributed by atoms with Crippen LogP contribution in [0.15, 0.2) is 22.7 Å². The first kappa shape index (κ1) is 13.0. The molecule has 0 amide bonds. The molecular formula is C14H15ClN4O. The van der Waals surface area contributed by atoms with Gasteiger partial charge in [0.25, 0.3) is 0 Å². The zero-order chi connectivity index (χ0) is 14.4. The van der Waals surface area contributed by atoms with Crippen molar-refractivity contribution in [3.05, 3.63) is 40.4 Å². The summed E-state index contributed by atoms with van der Waals surface area (Å²) in [5.74, 6) is 2.18. The second-order valence-electron chi connectivity index (χ2n) is 4.88. The molecule has 0 aliphatic heterocycles. The number of furan rings is 1. The Labute approximate surface area is 121 Å². The first-order valence-corrected chi connectivity index (χ1v) is 6.71. The van der Waals surface area contributed by atoms with Crippen LogP contribution in [-0.2, 0) is 0 Å². The summed E-state index contributed by atoms with van der Waals surface area (Å²) in [7, 11) is 0. The number of nitrogens with zero attached hydrogens (tertiary/aromatic N) is 3. The standard InChI is InChI=1S/C14H15ClN4O/c1-7-4-11(9(3)20-7)8(2)19-13-12(18-14(19)16)5-10(15)6-17-13/h4-6,8H,1-3H3,(H2,16,18).